The van der Waals surface area contributed by atoms with Crippen LogP contribution in [0.1, 0.15) is 70.8 Å². The fourth-order valence-electron chi connectivity index (χ4n) is 3.56. The van der Waals surface area contributed by atoms with Gasteiger partial charge in [-0.3, -0.25) is 0 Å². The lowest BCUT2D eigenvalue weighted by molar-refractivity contribution is 0.298. The lowest BCUT2D eigenvalue weighted by atomic mass is 9.81. The van der Waals surface area contributed by atoms with E-state index in [1.165, 1.54) is 38.5 Å². The highest BCUT2D eigenvalue weighted by molar-refractivity contribution is 5.20. The van der Waals surface area contributed by atoms with E-state index < -0.39 is 0 Å². The highest BCUT2D eigenvalue weighted by atomic mass is 14.9. The number of benzene rings is 1. The van der Waals surface area contributed by atoms with Gasteiger partial charge in [0.1, 0.15) is 0 Å². The topological polar surface area (TPSA) is 12.0 Å². The Labute approximate surface area is 125 Å². The molecule has 1 aromatic rings. The summed E-state index contributed by atoms with van der Waals surface area (Å²) in [6.45, 7) is 7.02. The van der Waals surface area contributed by atoms with Crippen molar-refractivity contribution in [3.8, 4) is 0 Å². The Balaban J connectivity index is 1.74. The van der Waals surface area contributed by atoms with E-state index in [0.29, 0.717) is 6.04 Å². The zero-order valence-corrected chi connectivity index (χ0v) is 13.4. The number of hydrogen-bond donors (Lipinski definition) is 1. The third-order valence-corrected chi connectivity index (χ3v) is 4.97. The lowest BCUT2D eigenvalue weighted by Crippen LogP contribution is -2.39. The maximum absolute atomic E-state index is 3.86. The molecule has 1 heteroatoms. The predicted octanol–water partition coefficient (Wildman–Crippen LogP) is 5.13. The fourth-order valence-corrected chi connectivity index (χ4v) is 3.56. The standard InChI is InChI=1S/C19H31N/c1-4-15(2)14-16(3)20-19-12-10-18(11-13-19)17-8-6-5-7-9-17/h5-9,15-16,18-20H,4,10-14H2,1-3H3. The second kappa shape index (κ2) is 7.83. The molecule has 1 aliphatic carbocycles. The summed E-state index contributed by atoms with van der Waals surface area (Å²) in [4.78, 5) is 0. The van der Waals surface area contributed by atoms with E-state index in [-0.39, 0.29) is 0 Å². The smallest absolute Gasteiger partial charge is 0.00699 e. The van der Waals surface area contributed by atoms with Crippen LogP contribution in [0.2, 0.25) is 0 Å². The number of nitrogens with one attached hydrogen (secondary N) is 1. The molecule has 0 aliphatic heterocycles. The van der Waals surface area contributed by atoms with Crippen LogP contribution in [-0.2, 0) is 0 Å². The second-order valence-corrected chi connectivity index (χ2v) is 6.78. The van der Waals surface area contributed by atoms with Gasteiger partial charge in [-0.25, -0.2) is 0 Å². The SMILES string of the molecule is CCC(C)CC(C)NC1CCC(c2ccccc2)CC1. The molecule has 1 aromatic carbocycles. The summed E-state index contributed by atoms with van der Waals surface area (Å²) in [6.07, 6.45) is 7.98. The summed E-state index contributed by atoms with van der Waals surface area (Å²) in [5.74, 6) is 1.64. The first kappa shape index (κ1) is 15.6. The van der Waals surface area contributed by atoms with Crippen molar-refractivity contribution >= 4 is 0 Å². The summed E-state index contributed by atoms with van der Waals surface area (Å²) in [5.41, 5.74) is 1.54. The van der Waals surface area contributed by atoms with Crippen molar-refractivity contribution in [1.29, 1.82) is 0 Å². The van der Waals surface area contributed by atoms with Gasteiger partial charge in [-0.05, 0) is 56.4 Å². The van der Waals surface area contributed by atoms with E-state index in [9.17, 15) is 0 Å². The molecule has 1 N–H and O–H groups in total. The molecule has 0 heterocycles. The van der Waals surface area contributed by atoms with Crippen molar-refractivity contribution in [2.75, 3.05) is 0 Å². The van der Waals surface area contributed by atoms with Gasteiger partial charge in [0.25, 0.3) is 0 Å². The minimum Gasteiger partial charge on any atom is -0.311 e. The first-order valence-electron chi connectivity index (χ1n) is 8.50. The van der Waals surface area contributed by atoms with Crippen LogP contribution in [0.25, 0.3) is 0 Å². The van der Waals surface area contributed by atoms with Crippen molar-refractivity contribution in [2.45, 2.75) is 77.3 Å². The van der Waals surface area contributed by atoms with Gasteiger partial charge in [0, 0.05) is 12.1 Å². The number of rotatable bonds is 6. The maximum atomic E-state index is 3.86. The minimum atomic E-state index is 0.670. The molecular weight excluding hydrogens is 242 g/mol. The van der Waals surface area contributed by atoms with Gasteiger partial charge in [0.2, 0.25) is 0 Å². The van der Waals surface area contributed by atoms with Crippen molar-refractivity contribution < 1.29 is 0 Å². The van der Waals surface area contributed by atoms with Gasteiger partial charge >= 0.3 is 0 Å². The Morgan fingerprint density at radius 2 is 1.70 bits per heavy atom. The molecule has 0 amide bonds. The van der Waals surface area contributed by atoms with Gasteiger partial charge < -0.3 is 5.32 Å². The molecule has 1 fully saturated rings. The number of hydrogen-bond acceptors (Lipinski definition) is 1. The van der Waals surface area contributed by atoms with Crippen LogP contribution in [-0.4, -0.2) is 12.1 Å². The van der Waals surface area contributed by atoms with Crippen molar-refractivity contribution in [1.82, 2.24) is 5.32 Å². The molecule has 0 aromatic heterocycles. The van der Waals surface area contributed by atoms with E-state index in [1.807, 2.05) is 0 Å². The van der Waals surface area contributed by atoms with Gasteiger partial charge in [0.15, 0.2) is 0 Å². The summed E-state index contributed by atoms with van der Waals surface area (Å²) in [6, 6.07) is 12.5. The molecule has 112 valence electrons. The molecule has 0 spiro atoms. The Morgan fingerprint density at radius 3 is 2.30 bits per heavy atom. The van der Waals surface area contributed by atoms with E-state index in [2.05, 4.69) is 56.4 Å². The molecule has 0 bridgehead atoms. The largest absolute Gasteiger partial charge is 0.311 e. The van der Waals surface area contributed by atoms with Gasteiger partial charge in [0.05, 0.1) is 0 Å². The zero-order valence-electron chi connectivity index (χ0n) is 13.4. The molecule has 2 atom stereocenters. The Kier molecular flexibility index (Phi) is 6.09. The minimum absolute atomic E-state index is 0.670. The van der Waals surface area contributed by atoms with E-state index >= 15 is 0 Å². The van der Waals surface area contributed by atoms with Crippen molar-refractivity contribution in [3.63, 3.8) is 0 Å². The average molecular weight is 273 g/mol. The zero-order chi connectivity index (χ0) is 14.4. The summed E-state index contributed by atoms with van der Waals surface area (Å²) in [5, 5.41) is 3.86. The Hall–Kier alpha value is -0.820. The third-order valence-electron chi connectivity index (χ3n) is 4.97. The highest BCUT2D eigenvalue weighted by Crippen LogP contribution is 2.32. The summed E-state index contributed by atoms with van der Waals surface area (Å²) >= 11 is 0. The average Bonchev–Trinajstić information content (AvgIpc) is 2.48. The molecule has 1 nitrogen and oxygen atoms in total. The quantitative estimate of drug-likeness (QED) is 0.758. The van der Waals surface area contributed by atoms with E-state index in [0.717, 1.165) is 17.9 Å². The van der Waals surface area contributed by atoms with Crippen molar-refractivity contribution in [3.05, 3.63) is 35.9 Å². The Morgan fingerprint density at radius 1 is 1.05 bits per heavy atom. The van der Waals surface area contributed by atoms with Crippen LogP contribution in [0.4, 0.5) is 0 Å². The van der Waals surface area contributed by atoms with Crippen LogP contribution < -0.4 is 5.32 Å². The molecule has 2 unspecified atom stereocenters. The molecule has 0 saturated heterocycles. The maximum Gasteiger partial charge on any atom is 0.00699 e. The molecule has 0 radical (unpaired) electrons. The van der Waals surface area contributed by atoms with Gasteiger partial charge in [-0.2, -0.15) is 0 Å². The Bertz CT molecular complexity index is 365. The van der Waals surface area contributed by atoms with Crippen molar-refractivity contribution in [2.24, 2.45) is 5.92 Å². The highest BCUT2D eigenvalue weighted by Gasteiger charge is 2.23. The lowest BCUT2D eigenvalue weighted by Gasteiger charge is -2.32. The monoisotopic (exact) mass is 273 g/mol. The van der Waals surface area contributed by atoms with Crippen LogP contribution in [0, 0.1) is 5.92 Å². The molecule has 1 aliphatic rings. The van der Waals surface area contributed by atoms with Crippen LogP contribution in [0.15, 0.2) is 30.3 Å². The molecule has 20 heavy (non-hydrogen) atoms. The molecular formula is C19H31N. The molecule has 2 rings (SSSR count). The van der Waals surface area contributed by atoms with Crippen LogP contribution in [0.5, 0.6) is 0 Å². The fraction of sp³-hybridized carbons (Fsp3) is 0.684. The summed E-state index contributed by atoms with van der Waals surface area (Å²) in [7, 11) is 0. The van der Waals surface area contributed by atoms with Crippen LogP contribution >= 0.6 is 0 Å². The van der Waals surface area contributed by atoms with E-state index in [4.69, 9.17) is 0 Å². The second-order valence-electron chi connectivity index (χ2n) is 6.78. The summed E-state index contributed by atoms with van der Waals surface area (Å²) < 4.78 is 0. The molecule has 1 saturated carbocycles. The van der Waals surface area contributed by atoms with Gasteiger partial charge in [-0.15, -0.1) is 0 Å². The van der Waals surface area contributed by atoms with Gasteiger partial charge in [-0.1, -0.05) is 50.6 Å². The predicted molar refractivity (Wildman–Crippen MR) is 88.1 cm³/mol. The first-order valence-corrected chi connectivity index (χ1v) is 8.50. The third kappa shape index (κ3) is 4.63. The van der Waals surface area contributed by atoms with E-state index in [1.54, 1.807) is 5.56 Å². The normalized spacial score (nSPS) is 26.1. The first-order chi connectivity index (χ1) is 9.69. The van der Waals surface area contributed by atoms with Crippen LogP contribution in [0.3, 0.4) is 0 Å².